The number of halogens is 1. The summed E-state index contributed by atoms with van der Waals surface area (Å²) < 4.78 is 0.696. The second-order valence-corrected chi connectivity index (χ2v) is 2.82. The maximum Gasteiger partial charge on any atom is 0.100 e. The minimum absolute atomic E-state index is 0.442. The van der Waals surface area contributed by atoms with Crippen molar-refractivity contribution in [2.24, 2.45) is 5.11 Å². The van der Waals surface area contributed by atoms with Crippen molar-refractivity contribution < 1.29 is 0 Å². The van der Waals surface area contributed by atoms with Gasteiger partial charge in [0.15, 0.2) is 0 Å². The first-order chi connectivity index (χ1) is 5.77. The molecule has 5 heteroatoms. The van der Waals surface area contributed by atoms with Crippen LogP contribution in [-0.2, 0) is 0 Å². The topological polar surface area (TPSA) is 72.5 Å². The van der Waals surface area contributed by atoms with Crippen molar-refractivity contribution in [1.82, 2.24) is 0 Å². The molecule has 0 heterocycles. The van der Waals surface area contributed by atoms with Crippen LogP contribution in [0, 0.1) is 11.3 Å². The first kappa shape index (κ1) is 8.60. The molecule has 0 bridgehead atoms. The lowest BCUT2D eigenvalue weighted by Crippen LogP contribution is -1.74. The van der Waals surface area contributed by atoms with E-state index in [9.17, 15) is 0 Å². The van der Waals surface area contributed by atoms with Crippen molar-refractivity contribution in [2.75, 3.05) is 0 Å². The van der Waals surface area contributed by atoms with Crippen LogP contribution in [0.1, 0.15) is 5.56 Å². The lowest BCUT2D eigenvalue weighted by Gasteiger charge is -1.94. The Morgan fingerprint density at radius 3 is 2.92 bits per heavy atom. The summed E-state index contributed by atoms with van der Waals surface area (Å²) in [5.41, 5.74) is 9.02. The Labute approximate surface area is 77.2 Å². The highest BCUT2D eigenvalue weighted by Crippen LogP contribution is 2.21. The normalized spacial score (nSPS) is 8.33. The number of hydrogen-bond donors (Lipinski definition) is 0. The van der Waals surface area contributed by atoms with E-state index in [1.54, 1.807) is 12.1 Å². The molecule has 0 saturated heterocycles. The third-order valence-corrected chi connectivity index (χ3v) is 1.92. The third-order valence-electron chi connectivity index (χ3n) is 1.23. The highest BCUT2D eigenvalue weighted by molar-refractivity contribution is 9.10. The van der Waals surface area contributed by atoms with Gasteiger partial charge in [-0.15, -0.1) is 0 Å². The Hall–Kier alpha value is -1.50. The number of rotatable bonds is 1. The summed E-state index contributed by atoms with van der Waals surface area (Å²) in [7, 11) is 0. The number of nitriles is 1. The Bertz CT molecular complexity index is 387. The molecule has 0 unspecified atom stereocenters. The maximum absolute atomic E-state index is 8.60. The average molecular weight is 223 g/mol. The van der Waals surface area contributed by atoms with Gasteiger partial charge >= 0.3 is 0 Å². The average Bonchev–Trinajstić information content (AvgIpc) is 2.09. The van der Waals surface area contributed by atoms with Gasteiger partial charge in [0.05, 0.1) is 5.56 Å². The van der Waals surface area contributed by atoms with E-state index >= 15 is 0 Å². The predicted molar refractivity (Wildman–Crippen MR) is 47.7 cm³/mol. The summed E-state index contributed by atoms with van der Waals surface area (Å²) in [6.45, 7) is 0. The molecule has 0 fully saturated rings. The summed E-state index contributed by atoms with van der Waals surface area (Å²) in [4.78, 5) is 2.61. The Morgan fingerprint density at radius 1 is 1.58 bits per heavy atom. The van der Waals surface area contributed by atoms with E-state index in [0.29, 0.717) is 15.7 Å². The van der Waals surface area contributed by atoms with Gasteiger partial charge in [0.1, 0.15) is 6.07 Å². The Kier molecular flexibility index (Phi) is 2.70. The lowest BCUT2D eigenvalue weighted by atomic mass is 10.2. The smallest absolute Gasteiger partial charge is 0.100 e. The lowest BCUT2D eigenvalue weighted by molar-refractivity contribution is 1.42. The van der Waals surface area contributed by atoms with E-state index < -0.39 is 0 Å². The van der Waals surface area contributed by atoms with Crippen LogP contribution in [0.15, 0.2) is 27.8 Å². The molecular weight excluding hydrogens is 220 g/mol. The number of hydrogen-bond acceptors (Lipinski definition) is 2. The zero-order chi connectivity index (χ0) is 8.97. The molecule has 0 radical (unpaired) electrons. The molecule has 1 aromatic carbocycles. The fourth-order valence-electron chi connectivity index (χ4n) is 0.713. The van der Waals surface area contributed by atoms with E-state index in [4.69, 9.17) is 10.8 Å². The Morgan fingerprint density at radius 2 is 2.33 bits per heavy atom. The zero-order valence-electron chi connectivity index (χ0n) is 5.90. The molecule has 1 rings (SSSR count). The van der Waals surface area contributed by atoms with E-state index in [1.165, 1.54) is 6.07 Å². The number of benzene rings is 1. The SMILES string of the molecule is N#Cc1cc(N=[N+]=[N-])ccc1Br. The molecule has 0 spiro atoms. The van der Waals surface area contributed by atoms with Crippen molar-refractivity contribution in [2.45, 2.75) is 0 Å². The molecular formula is C7H3BrN4. The fraction of sp³-hybridized carbons (Fsp3) is 0. The Balaban J connectivity index is 3.24. The number of nitrogens with zero attached hydrogens (tertiary/aromatic N) is 4. The second-order valence-electron chi connectivity index (χ2n) is 1.97. The molecule has 58 valence electrons. The van der Waals surface area contributed by atoms with Crippen LogP contribution in [0.5, 0.6) is 0 Å². The van der Waals surface area contributed by atoms with E-state index in [2.05, 4.69) is 26.0 Å². The highest BCUT2D eigenvalue weighted by atomic mass is 79.9. The minimum atomic E-state index is 0.442. The molecule has 0 aliphatic carbocycles. The molecule has 4 nitrogen and oxygen atoms in total. The van der Waals surface area contributed by atoms with E-state index in [0.717, 1.165) is 0 Å². The van der Waals surface area contributed by atoms with Gasteiger partial charge in [0.25, 0.3) is 0 Å². The van der Waals surface area contributed by atoms with Crippen LogP contribution in [0.3, 0.4) is 0 Å². The van der Waals surface area contributed by atoms with E-state index in [-0.39, 0.29) is 0 Å². The molecule has 0 saturated carbocycles. The van der Waals surface area contributed by atoms with Crippen LogP contribution in [0.4, 0.5) is 5.69 Å². The quantitative estimate of drug-likeness (QED) is 0.409. The van der Waals surface area contributed by atoms with Gasteiger partial charge in [-0.25, -0.2) is 0 Å². The maximum atomic E-state index is 8.60. The number of azide groups is 1. The molecule has 0 aliphatic heterocycles. The molecule has 0 N–H and O–H groups in total. The summed E-state index contributed by atoms with van der Waals surface area (Å²) in [5, 5.41) is 12.0. The molecule has 0 aromatic heterocycles. The van der Waals surface area contributed by atoms with Crippen LogP contribution in [-0.4, -0.2) is 0 Å². The third kappa shape index (κ3) is 1.76. The van der Waals surface area contributed by atoms with Crippen molar-refractivity contribution in [1.29, 1.82) is 5.26 Å². The van der Waals surface area contributed by atoms with Crippen molar-refractivity contribution in [3.8, 4) is 6.07 Å². The van der Waals surface area contributed by atoms with Crippen LogP contribution in [0.25, 0.3) is 10.4 Å². The fourth-order valence-corrected chi connectivity index (χ4v) is 1.05. The molecule has 12 heavy (non-hydrogen) atoms. The minimum Gasteiger partial charge on any atom is -0.192 e. The second kappa shape index (κ2) is 3.77. The predicted octanol–water partition coefficient (Wildman–Crippen LogP) is 3.26. The monoisotopic (exact) mass is 222 g/mol. The molecule has 0 aliphatic rings. The van der Waals surface area contributed by atoms with Gasteiger partial charge in [-0.1, -0.05) is 11.2 Å². The summed E-state index contributed by atoms with van der Waals surface area (Å²) in [5.74, 6) is 0. The molecule has 1 aromatic rings. The van der Waals surface area contributed by atoms with Crippen LogP contribution >= 0.6 is 15.9 Å². The first-order valence-corrected chi connectivity index (χ1v) is 3.82. The van der Waals surface area contributed by atoms with Gasteiger partial charge in [-0.05, 0) is 33.6 Å². The summed E-state index contributed by atoms with van der Waals surface area (Å²) >= 11 is 3.18. The van der Waals surface area contributed by atoms with Gasteiger partial charge < -0.3 is 0 Å². The highest BCUT2D eigenvalue weighted by Gasteiger charge is 1.98. The van der Waals surface area contributed by atoms with Crippen molar-refractivity contribution in [3.63, 3.8) is 0 Å². The van der Waals surface area contributed by atoms with E-state index in [1.807, 2.05) is 6.07 Å². The van der Waals surface area contributed by atoms with Gasteiger partial charge in [-0.2, -0.15) is 5.26 Å². The zero-order valence-corrected chi connectivity index (χ0v) is 7.48. The standard InChI is InChI=1S/C7H3BrN4/c8-7-2-1-6(11-12-10)3-5(7)4-9/h1-3H. The summed E-state index contributed by atoms with van der Waals surface area (Å²) in [6, 6.07) is 6.78. The van der Waals surface area contributed by atoms with Crippen molar-refractivity contribution >= 4 is 21.6 Å². The largest absolute Gasteiger partial charge is 0.192 e. The van der Waals surface area contributed by atoms with Gasteiger partial charge in [0, 0.05) is 15.1 Å². The molecule has 0 atom stereocenters. The van der Waals surface area contributed by atoms with Crippen LogP contribution in [0.2, 0.25) is 0 Å². The van der Waals surface area contributed by atoms with Crippen LogP contribution < -0.4 is 0 Å². The van der Waals surface area contributed by atoms with Gasteiger partial charge in [-0.3, -0.25) is 0 Å². The first-order valence-electron chi connectivity index (χ1n) is 3.02. The molecule has 0 amide bonds. The summed E-state index contributed by atoms with van der Waals surface area (Å²) in [6.07, 6.45) is 0. The van der Waals surface area contributed by atoms with Crippen molar-refractivity contribution in [3.05, 3.63) is 38.7 Å². The van der Waals surface area contributed by atoms with Gasteiger partial charge in [0.2, 0.25) is 0 Å².